The molecule has 128 valence electrons. The van der Waals surface area contributed by atoms with Crippen LogP contribution in [0.5, 0.6) is 0 Å². The van der Waals surface area contributed by atoms with Gasteiger partial charge in [0.2, 0.25) is 0 Å². The predicted molar refractivity (Wildman–Crippen MR) is 85.6 cm³/mol. The fourth-order valence-electron chi connectivity index (χ4n) is 2.87. The Hall–Kier alpha value is -3.01. The Morgan fingerprint density at radius 1 is 1.00 bits per heavy atom. The first-order valence-corrected chi connectivity index (χ1v) is 7.69. The summed E-state index contributed by atoms with van der Waals surface area (Å²) in [6.45, 7) is 1.24. The first-order chi connectivity index (χ1) is 12.0. The van der Waals surface area contributed by atoms with Crippen LogP contribution in [0.2, 0.25) is 0 Å². The standard InChI is InChI=1S/C18H14F3N3O/c19-12-4-5-16(21)13(10-12)18(25)24-8-6-23(7-9-24)17-3-1-2-15(20)14(17)11-22/h1-5,10H,6-9H2. The highest BCUT2D eigenvalue weighted by atomic mass is 19.1. The van der Waals surface area contributed by atoms with Gasteiger partial charge in [0.1, 0.15) is 29.1 Å². The van der Waals surface area contributed by atoms with Crippen LogP contribution >= 0.6 is 0 Å². The van der Waals surface area contributed by atoms with E-state index in [1.807, 2.05) is 6.07 Å². The number of hydrogen-bond donors (Lipinski definition) is 0. The zero-order valence-corrected chi connectivity index (χ0v) is 13.2. The maximum absolute atomic E-state index is 13.8. The van der Waals surface area contributed by atoms with Crippen molar-refractivity contribution in [3.05, 3.63) is 65.0 Å². The molecule has 0 saturated carbocycles. The number of nitrogens with zero attached hydrogens (tertiary/aromatic N) is 3. The smallest absolute Gasteiger partial charge is 0.257 e. The van der Waals surface area contributed by atoms with Crippen molar-refractivity contribution < 1.29 is 18.0 Å². The molecule has 1 saturated heterocycles. The van der Waals surface area contributed by atoms with Gasteiger partial charge in [0.05, 0.1) is 11.3 Å². The summed E-state index contributed by atoms with van der Waals surface area (Å²) in [7, 11) is 0. The van der Waals surface area contributed by atoms with Crippen LogP contribution in [-0.4, -0.2) is 37.0 Å². The molecule has 4 nitrogen and oxygen atoms in total. The second kappa shape index (κ2) is 6.85. The molecule has 0 bridgehead atoms. The zero-order valence-electron chi connectivity index (χ0n) is 13.2. The van der Waals surface area contributed by atoms with Gasteiger partial charge < -0.3 is 9.80 Å². The summed E-state index contributed by atoms with van der Waals surface area (Å²) in [4.78, 5) is 15.6. The highest BCUT2D eigenvalue weighted by Gasteiger charge is 2.26. The number of piperazine rings is 1. The molecule has 0 atom stereocenters. The quantitative estimate of drug-likeness (QED) is 0.841. The molecule has 1 amide bonds. The minimum Gasteiger partial charge on any atom is -0.367 e. The van der Waals surface area contributed by atoms with Crippen molar-refractivity contribution in [3.63, 3.8) is 0 Å². The fourth-order valence-corrected chi connectivity index (χ4v) is 2.87. The molecule has 2 aromatic rings. The van der Waals surface area contributed by atoms with E-state index in [1.54, 1.807) is 11.0 Å². The Kier molecular flexibility index (Phi) is 4.61. The van der Waals surface area contributed by atoms with Gasteiger partial charge in [0.15, 0.2) is 0 Å². The monoisotopic (exact) mass is 345 g/mol. The molecule has 0 aliphatic carbocycles. The summed E-state index contributed by atoms with van der Waals surface area (Å²) in [5.41, 5.74) is 0.113. The van der Waals surface area contributed by atoms with E-state index in [2.05, 4.69) is 0 Å². The van der Waals surface area contributed by atoms with Crippen molar-refractivity contribution in [2.75, 3.05) is 31.1 Å². The first kappa shape index (κ1) is 16.8. The number of anilines is 1. The molecule has 25 heavy (non-hydrogen) atoms. The van der Waals surface area contributed by atoms with Crippen LogP contribution in [0.25, 0.3) is 0 Å². The molecule has 0 radical (unpaired) electrons. The molecule has 2 aromatic carbocycles. The number of halogens is 3. The van der Waals surface area contributed by atoms with Gasteiger partial charge in [-0.15, -0.1) is 0 Å². The van der Waals surface area contributed by atoms with Gasteiger partial charge in [-0.25, -0.2) is 13.2 Å². The average molecular weight is 345 g/mol. The third kappa shape index (κ3) is 3.29. The summed E-state index contributed by atoms with van der Waals surface area (Å²) in [5.74, 6) is -2.63. The van der Waals surface area contributed by atoms with Crippen LogP contribution in [0.4, 0.5) is 18.9 Å². The molecular formula is C18H14F3N3O. The fraction of sp³-hybridized carbons (Fsp3) is 0.222. The van der Waals surface area contributed by atoms with E-state index >= 15 is 0 Å². The molecule has 1 fully saturated rings. The number of rotatable bonds is 2. The first-order valence-electron chi connectivity index (χ1n) is 7.69. The van der Waals surface area contributed by atoms with Crippen molar-refractivity contribution in [3.8, 4) is 6.07 Å². The van der Waals surface area contributed by atoms with Crippen molar-refractivity contribution in [1.29, 1.82) is 5.26 Å². The Morgan fingerprint density at radius 2 is 1.72 bits per heavy atom. The molecule has 1 aliphatic heterocycles. The van der Waals surface area contributed by atoms with Gasteiger partial charge in [0, 0.05) is 26.2 Å². The average Bonchev–Trinajstić information content (AvgIpc) is 2.63. The van der Waals surface area contributed by atoms with Crippen molar-refractivity contribution >= 4 is 11.6 Å². The van der Waals surface area contributed by atoms with E-state index in [0.717, 1.165) is 18.2 Å². The lowest BCUT2D eigenvalue weighted by Crippen LogP contribution is -2.49. The SMILES string of the molecule is N#Cc1c(F)cccc1N1CCN(C(=O)c2cc(F)ccc2F)CC1. The second-order valence-corrected chi connectivity index (χ2v) is 5.65. The molecular weight excluding hydrogens is 331 g/mol. The van der Waals surface area contributed by atoms with Gasteiger partial charge in [-0.1, -0.05) is 6.07 Å². The number of nitriles is 1. The maximum Gasteiger partial charge on any atom is 0.257 e. The molecule has 3 rings (SSSR count). The van der Waals surface area contributed by atoms with Crippen LogP contribution in [0.1, 0.15) is 15.9 Å². The predicted octanol–water partition coefficient (Wildman–Crippen LogP) is 2.94. The number of amides is 1. The van der Waals surface area contributed by atoms with Crippen molar-refractivity contribution in [2.24, 2.45) is 0 Å². The molecule has 1 heterocycles. The molecule has 1 aliphatic rings. The summed E-state index contributed by atoms with van der Waals surface area (Å²) in [6.07, 6.45) is 0. The number of benzene rings is 2. The lowest BCUT2D eigenvalue weighted by Gasteiger charge is -2.36. The van der Waals surface area contributed by atoms with Crippen LogP contribution in [0.15, 0.2) is 36.4 Å². The summed E-state index contributed by atoms with van der Waals surface area (Å²) in [6, 6.07) is 8.98. The third-order valence-corrected chi connectivity index (χ3v) is 4.17. The van der Waals surface area contributed by atoms with Gasteiger partial charge in [-0.05, 0) is 30.3 Å². The minimum atomic E-state index is -0.772. The van der Waals surface area contributed by atoms with Gasteiger partial charge in [0.25, 0.3) is 5.91 Å². The van der Waals surface area contributed by atoms with Gasteiger partial charge in [-0.2, -0.15) is 5.26 Å². The second-order valence-electron chi connectivity index (χ2n) is 5.65. The van der Waals surface area contributed by atoms with E-state index in [-0.39, 0.29) is 24.2 Å². The van der Waals surface area contributed by atoms with Crippen LogP contribution in [-0.2, 0) is 0 Å². The van der Waals surface area contributed by atoms with Crippen LogP contribution in [0, 0.1) is 28.8 Å². The van der Waals surface area contributed by atoms with Crippen molar-refractivity contribution in [2.45, 2.75) is 0 Å². The summed E-state index contributed by atoms with van der Waals surface area (Å²) in [5, 5.41) is 9.12. The van der Waals surface area contributed by atoms with E-state index < -0.39 is 23.4 Å². The van der Waals surface area contributed by atoms with E-state index in [0.29, 0.717) is 18.8 Å². The number of carbonyl (C=O) groups is 1. The number of carbonyl (C=O) groups excluding carboxylic acids is 1. The molecule has 0 spiro atoms. The van der Waals surface area contributed by atoms with Crippen molar-refractivity contribution in [1.82, 2.24) is 4.90 Å². The van der Waals surface area contributed by atoms with Gasteiger partial charge in [-0.3, -0.25) is 4.79 Å². The van der Waals surface area contributed by atoms with E-state index in [4.69, 9.17) is 5.26 Å². The Morgan fingerprint density at radius 3 is 2.40 bits per heavy atom. The highest BCUT2D eigenvalue weighted by Crippen LogP contribution is 2.24. The summed E-state index contributed by atoms with van der Waals surface area (Å²) >= 11 is 0. The van der Waals surface area contributed by atoms with Crippen LogP contribution < -0.4 is 4.90 Å². The largest absolute Gasteiger partial charge is 0.367 e. The lowest BCUT2D eigenvalue weighted by molar-refractivity contribution is 0.0741. The van der Waals surface area contributed by atoms with E-state index in [9.17, 15) is 18.0 Å². The van der Waals surface area contributed by atoms with E-state index in [1.165, 1.54) is 17.0 Å². The normalized spacial score (nSPS) is 14.3. The van der Waals surface area contributed by atoms with Crippen LogP contribution in [0.3, 0.4) is 0 Å². The summed E-state index contributed by atoms with van der Waals surface area (Å²) < 4.78 is 40.7. The lowest BCUT2D eigenvalue weighted by atomic mass is 10.1. The topological polar surface area (TPSA) is 47.3 Å². The molecule has 0 unspecified atom stereocenters. The molecule has 0 aromatic heterocycles. The zero-order chi connectivity index (χ0) is 18.0. The number of hydrogen-bond acceptors (Lipinski definition) is 3. The van der Waals surface area contributed by atoms with Gasteiger partial charge >= 0.3 is 0 Å². The Bertz CT molecular complexity index is 855. The molecule has 0 N–H and O–H groups in total. The third-order valence-electron chi connectivity index (χ3n) is 4.17. The minimum absolute atomic E-state index is 0.0431. The Balaban J connectivity index is 1.74. The maximum atomic E-state index is 13.8. The molecule has 7 heteroatoms. The Labute approximate surface area is 142 Å². The highest BCUT2D eigenvalue weighted by molar-refractivity contribution is 5.94.